The lowest BCUT2D eigenvalue weighted by atomic mass is 10.1. The van der Waals surface area contributed by atoms with Gasteiger partial charge in [-0.25, -0.2) is 0 Å². The summed E-state index contributed by atoms with van der Waals surface area (Å²) in [4.78, 5) is 3.71. The van der Waals surface area contributed by atoms with Crippen LogP contribution in [0.15, 0.2) is 40.2 Å². The van der Waals surface area contributed by atoms with Crippen molar-refractivity contribution in [2.75, 3.05) is 13.1 Å². The maximum atomic E-state index is 6.38. The summed E-state index contributed by atoms with van der Waals surface area (Å²) >= 11 is 11.6. The van der Waals surface area contributed by atoms with Crippen molar-refractivity contribution in [1.82, 2.24) is 4.90 Å². The molecule has 2 N–H and O–H groups in total. The molecule has 2 aromatic rings. The zero-order valence-electron chi connectivity index (χ0n) is 11.4. The number of rotatable bonds is 6. The van der Waals surface area contributed by atoms with Gasteiger partial charge in [-0.2, -0.15) is 0 Å². The Hall–Kier alpha value is -0.390. The maximum Gasteiger partial charge on any atom is 0.0488 e. The number of likely N-dealkylation sites (N-methyl/N-ethyl adjacent to an activating group) is 1. The molecule has 1 heterocycles. The van der Waals surface area contributed by atoms with Crippen molar-refractivity contribution >= 4 is 38.9 Å². The molecular formula is C15H18BrClN2S. The standard InChI is InChI=1S/C15H18BrClN2S/c1-2-19(10-12-4-3-7-20-12)15(9-18)13-6-5-11(16)8-14(13)17/h3-8,15H,2,9-10,18H2,1H3. The fourth-order valence-corrected chi connectivity index (χ4v) is 3.82. The first kappa shape index (κ1) is 16.0. The van der Waals surface area contributed by atoms with Crippen molar-refractivity contribution in [2.24, 2.45) is 5.73 Å². The zero-order valence-corrected chi connectivity index (χ0v) is 14.5. The molecular weight excluding hydrogens is 356 g/mol. The SMILES string of the molecule is CCN(Cc1cccs1)C(CN)c1ccc(Br)cc1Cl. The molecule has 0 aliphatic carbocycles. The molecule has 0 aliphatic rings. The lowest BCUT2D eigenvalue weighted by Crippen LogP contribution is -2.33. The second-order valence-electron chi connectivity index (χ2n) is 4.56. The Morgan fingerprint density at radius 1 is 1.40 bits per heavy atom. The molecule has 108 valence electrons. The second kappa shape index (κ2) is 7.57. The number of nitrogens with zero attached hydrogens (tertiary/aromatic N) is 1. The number of thiophene rings is 1. The van der Waals surface area contributed by atoms with Crippen molar-refractivity contribution in [3.05, 3.63) is 55.6 Å². The van der Waals surface area contributed by atoms with Gasteiger partial charge >= 0.3 is 0 Å². The number of nitrogens with two attached hydrogens (primary N) is 1. The van der Waals surface area contributed by atoms with E-state index in [2.05, 4.69) is 51.3 Å². The van der Waals surface area contributed by atoms with Gasteiger partial charge in [0, 0.05) is 33.5 Å². The van der Waals surface area contributed by atoms with Crippen LogP contribution < -0.4 is 5.73 Å². The molecule has 1 aromatic carbocycles. The van der Waals surface area contributed by atoms with E-state index in [1.165, 1.54) is 4.88 Å². The Balaban J connectivity index is 2.24. The summed E-state index contributed by atoms with van der Waals surface area (Å²) in [5.41, 5.74) is 7.10. The first-order valence-electron chi connectivity index (χ1n) is 6.57. The molecule has 0 radical (unpaired) electrons. The van der Waals surface area contributed by atoms with Crippen LogP contribution in [0, 0.1) is 0 Å². The van der Waals surface area contributed by atoms with Gasteiger partial charge in [0.1, 0.15) is 0 Å². The van der Waals surface area contributed by atoms with Crippen molar-refractivity contribution in [1.29, 1.82) is 0 Å². The Kier molecular flexibility index (Phi) is 6.05. The van der Waals surface area contributed by atoms with E-state index in [-0.39, 0.29) is 6.04 Å². The molecule has 2 nitrogen and oxygen atoms in total. The van der Waals surface area contributed by atoms with Gasteiger partial charge < -0.3 is 5.73 Å². The highest BCUT2D eigenvalue weighted by Gasteiger charge is 2.20. The average Bonchev–Trinajstić information content (AvgIpc) is 2.93. The summed E-state index contributed by atoms with van der Waals surface area (Å²) < 4.78 is 0.989. The summed E-state index contributed by atoms with van der Waals surface area (Å²) in [5.74, 6) is 0. The van der Waals surface area contributed by atoms with Crippen LogP contribution in [-0.2, 0) is 6.54 Å². The van der Waals surface area contributed by atoms with Crippen LogP contribution in [0.4, 0.5) is 0 Å². The predicted octanol–water partition coefficient (Wildman–Crippen LogP) is 4.69. The van der Waals surface area contributed by atoms with Crippen LogP contribution in [0.25, 0.3) is 0 Å². The highest BCUT2D eigenvalue weighted by molar-refractivity contribution is 9.10. The molecule has 20 heavy (non-hydrogen) atoms. The summed E-state index contributed by atoms with van der Waals surface area (Å²) in [7, 11) is 0. The molecule has 1 unspecified atom stereocenters. The Morgan fingerprint density at radius 2 is 2.20 bits per heavy atom. The summed E-state index contributed by atoms with van der Waals surface area (Å²) in [6.07, 6.45) is 0. The van der Waals surface area contributed by atoms with Gasteiger partial charge in [-0.1, -0.05) is 46.6 Å². The highest BCUT2D eigenvalue weighted by Crippen LogP contribution is 2.30. The highest BCUT2D eigenvalue weighted by atomic mass is 79.9. The zero-order chi connectivity index (χ0) is 14.5. The van der Waals surface area contributed by atoms with Crippen molar-refractivity contribution < 1.29 is 0 Å². The largest absolute Gasteiger partial charge is 0.329 e. The van der Waals surface area contributed by atoms with Crippen molar-refractivity contribution in [2.45, 2.75) is 19.5 Å². The molecule has 1 atom stereocenters. The molecule has 0 saturated carbocycles. The van der Waals surface area contributed by atoms with E-state index in [1.807, 2.05) is 12.1 Å². The fraction of sp³-hybridized carbons (Fsp3) is 0.333. The molecule has 0 spiro atoms. The van der Waals surface area contributed by atoms with Gasteiger partial charge in [-0.3, -0.25) is 4.90 Å². The van der Waals surface area contributed by atoms with Crippen LogP contribution in [0.1, 0.15) is 23.4 Å². The van der Waals surface area contributed by atoms with Gasteiger partial charge in [0.25, 0.3) is 0 Å². The Morgan fingerprint density at radius 3 is 2.75 bits per heavy atom. The smallest absolute Gasteiger partial charge is 0.0488 e. The normalized spacial score (nSPS) is 12.8. The first-order chi connectivity index (χ1) is 9.65. The molecule has 0 saturated heterocycles. The van der Waals surface area contributed by atoms with Crippen molar-refractivity contribution in [3.8, 4) is 0 Å². The molecule has 2 rings (SSSR count). The predicted molar refractivity (Wildman–Crippen MR) is 91.4 cm³/mol. The van der Waals surface area contributed by atoms with E-state index in [1.54, 1.807) is 11.3 Å². The monoisotopic (exact) mass is 372 g/mol. The van der Waals surface area contributed by atoms with E-state index in [4.69, 9.17) is 17.3 Å². The third-order valence-electron chi connectivity index (χ3n) is 3.33. The first-order valence-corrected chi connectivity index (χ1v) is 8.62. The average molecular weight is 374 g/mol. The lowest BCUT2D eigenvalue weighted by Gasteiger charge is -2.30. The van der Waals surface area contributed by atoms with Crippen LogP contribution in [0.2, 0.25) is 5.02 Å². The van der Waals surface area contributed by atoms with Crippen LogP contribution >= 0.6 is 38.9 Å². The molecule has 5 heteroatoms. The van der Waals surface area contributed by atoms with Gasteiger partial charge in [0.05, 0.1) is 0 Å². The Labute approximate surface area is 137 Å². The van der Waals surface area contributed by atoms with Gasteiger partial charge in [-0.05, 0) is 35.7 Å². The molecule has 0 amide bonds. The van der Waals surface area contributed by atoms with Gasteiger partial charge in [0.2, 0.25) is 0 Å². The number of halogens is 2. The molecule has 0 fully saturated rings. The van der Waals surface area contributed by atoms with Crippen molar-refractivity contribution in [3.63, 3.8) is 0 Å². The minimum Gasteiger partial charge on any atom is -0.329 e. The third-order valence-corrected chi connectivity index (χ3v) is 5.01. The molecule has 1 aromatic heterocycles. The maximum absolute atomic E-state index is 6.38. The van der Waals surface area contributed by atoms with Crippen LogP contribution in [0.5, 0.6) is 0 Å². The fourth-order valence-electron chi connectivity index (χ4n) is 2.29. The third kappa shape index (κ3) is 3.83. The number of hydrogen-bond acceptors (Lipinski definition) is 3. The van der Waals surface area contributed by atoms with E-state index in [0.29, 0.717) is 6.54 Å². The van der Waals surface area contributed by atoms with Crippen LogP contribution in [0.3, 0.4) is 0 Å². The quantitative estimate of drug-likeness (QED) is 0.796. The summed E-state index contributed by atoms with van der Waals surface area (Å²) in [5, 5.41) is 2.87. The minimum absolute atomic E-state index is 0.141. The Bertz CT molecular complexity index is 545. The second-order valence-corrected chi connectivity index (χ2v) is 6.91. The topological polar surface area (TPSA) is 29.3 Å². The number of benzene rings is 1. The van der Waals surface area contributed by atoms with E-state index in [9.17, 15) is 0 Å². The van der Waals surface area contributed by atoms with Gasteiger partial charge in [-0.15, -0.1) is 11.3 Å². The van der Waals surface area contributed by atoms with Crippen LogP contribution in [-0.4, -0.2) is 18.0 Å². The van der Waals surface area contributed by atoms with E-state index in [0.717, 1.165) is 28.1 Å². The van der Waals surface area contributed by atoms with E-state index < -0.39 is 0 Å². The lowest BCUT2D eigenvalue weighted by molar-refractivity contribution is 0.205. The molecule has 0 bridgehead atoms. The van der Waals surface area contributed by atoms with Gasteiger partial charge in [0.15, 0.2) is 0 Å². The summed E-state index contributed by atoms with van der Waals surface area (Å²) in [6.45, 7) is 4.55. The minimum atomic E-state index is 0.141. The molecule has 0 aliphatic heterocycles. The summed E-state index contributed by atoms with van der Waals surface area (Å²) in [6, 6.07) is 10.4. The van der Waals surface area contributed by atoms with E-state index >= 15 is 0 Å². The number of hydrogen-bond donors (Lipinski definition) is 1.